The van der Waals surface area contributed by atoms with Crippen LogP contribution in [0.4, 0.5) is 11.5 Å². The van der Waals surface area contributed by atoms with Crippen molar-refractivity contribution in [1.82, 2.24) is 9.97 Å². The van der Waals surface area contributed by atoms with Gasteiger partial charge in [-0.25, -0.2) is 9.97 Å². The Balaban J connectivity index is 1.74. The minimum Gasteiger partial charge on any atom is -0.346 e. The highest BCUT2D eigenvalue weighted by molar-refractivity contribution is 7.73. The minimum atomic E-state index is -4.09. The molecular formula is C28H40N4O7P2S. The fourth-order valence-corrected chi connectivity index (χ4v) is 10.6. The maximum absolute atomic E-state index is 14.1. The molecular weight excluding hydrogens is 598 g/mol. The molecule has 0 unspecified atom stereocenters. The Labute approximate surface area is 251 Å². The second kappa shape index (κ2) is 15.0. The molecule has 1 amide bonds. The topological polar surface area (TPSA) is 138 Å². The van der Waals surface area contributed by atoms with Gasteiger partial charge in [0, 0.05) is 17.2 Å². The number of carbonyl (C=O) groups is 1. The number of aromatic nitrogens is 2. The van der Waals surface area contributed by atoms with Crippen molar-refractivity contribution in [1.29, 1.82) is 0 Å². The monoisotopic (exact) mass is 638 g/mol. The Bertz CT molecular complexity index is 1400. The summed E-state index contributed by atoms with van der Waals surface area (Å²) in [6.07, 6.45) is 5.13. The van der Waals surface area contributed by atoms with Gasteiger partial charge in [-0.05, 0) is 64.1 Å². The summed E-state index contributed by atoms with van der Waals surface area (Å²) in [7, 11) is -8.18. The van der Waals surface area contributed by atoms with E-state index in [-0.39, 0.29) is 44.1 Å². The van der Waals surface area contributed by atoms with Crippen LogP contribution in [-0.2, 0) is 32.0 Å². The Kier molecular flexibility index (Phi) is 11.7. The molecule has 3 aromatic rings. The zero-order valence-electron chi connectivity index (χ0n) is 24.5. The molecule has 2 N–H and O–H groups in total. The van der Waals surface area contributed by atoms with E-state index in [1.165, 1.54) is 17.8 Å². The minimum absolute atomic E-state index is 0.0200. The van der Waals surface area contributed by atoms with Gasteiger partial charge in [-0.3, -0.25) is 13.9 Å². The van der Waals surface area contributed by atoms with E-state index >= 15 is 0 Å². The molecule has 0 radical (unpaired) electrons. The largest absolute Gasteiger partial charge is 0.365 e. The number of benzene rings is 1. The number of thiophene rings is 1. The highest BCUT2D eigenvalue weighted by Crippen LogP contribution is 2.70. The van der Waals surface area contributed by atoms with Crippen LogP contribution < -0.4 is 10.6 Å². The van der Waals surface area contributed by atoms with E-state index in [1.54, 1.807) is 27.7 Å². The number of nitrogens with one attached hydrogen (secondary N) is 2. The van der Waals surface area contributed by atoms with Crippen LogP contribution in [0.15, 0.2) is 35.7 Å². The Morgan fingerprint density at radius 2 is 1.55 bits per heavy atom. The third kappa shape index (κ3) is 7.66. The van der Waals surface area contributed by atoms with Crippen molar-refractivity contribution in [3.05, 3.63) is 35.7 Å². The third-order valence-corrected chi connectivity index (χ3v) is 13.2. The summed E-state index contributed by atoms with van der Waals surface area (Å²) in [5.74, 6) is 0.686. The lowest BCUT2D eigenvalue weighted by Crippen LogP contribution is -2.26. The van der Waals surface area contributed by atoms with Crippen molar-refractivity contribution in [3.63, 3.8) is 0 Å². The molecule has 1 aromatic carbocycles. The van der Waals surface area contributed by atoms with E-state index in [2.05, 4.69) is 10.6 Å². The van der Waals surface area contributed by atoms with E-state index in [1.807, 2.05) is 35.7 Å². The SMILES string of the molecule is CCOP(=O)(OCC)C(Nc1nc(-c2cccc(NC(=O)C3CCCCC3)c2)nc2sccc12)P(=O)(OCC)OCC. The van der Waals surface area contributed by atoms with Crippen molar-refractivity contribution < 1.29 is 32.0 Å². The summed E-state index contributed by atoms with van der Waals surface area (Å²) in [5, 5.41) is 8.63. The van der Waals surface area contributed by atoms with Crippen LogP contribution in [0.2, 0.25) is 0 Å². The molecule has 1 aliphatic carbocycles. The summed E-state index contributed by atoms with van der Waals surface area (Å²) >= 11 is 1.40. The van der Waals surface area contributed by atoms with Crippen LogP contribution in [0.1, 0.15) is 59.8 Å². The number of amides is 1. The maximum atomic E-state index is 14.1. The quantitative estimate of drug-likeness (QED) is 0.157. The lowest BCUT2D eigenvalue weighted by molar-refractivity contribution is -0.120. The van der Waals surface area contributed by atoms with Gasteiger partial charge >= 0.3 is 15.2 Å². The Morgan fingerprint density at radius 1 is 0.929 bits per heavy atom. The van der Waals surface area contributed by atoms with Crippen LogP contribution in [0.3, 0.4) is 0 Å². The Morgan fingerprint density at radius 3 is 2.14 bits per heavy atom. The summed E-state index contributed by atoms with van der Waals surface area (Å²) in [6, 6.07) is 9.17. The zero-order valence-corrected chi connectivity index (χ0v) is 27.1. The average molecular weight is 639 g/mol. The van der Waals surface area contributed by atoms with Crippen molar-refractivity contribution in [2.45, 2.75) is 65.3 Å². The van der Waals surface area contributed by atoms with Gasteiger partial charge in [-0.15, -0.1) is 11.3 Å². The normalized spacial score (nSPS) is 14.9. The standard InChI is InChI=1S/C28H40N4O7P2S/c1-5-36-40(34,37-6-2)28(41(35,38-7-3)39-8-4)32-25-23-17-18-42-27(23)31-24(30-25)21-15-12-16-22(19-21)29-26(33)20-13-10-9-11-14-20/h12,15-20,28H,5-11,13-14H2,1-4H3,(H,29,33)(H,30,31,32). The number of hydrogen-bond donors (Lipinski definition) is 2. The predicted molar refractivity (Wildman–Crippen MR) is 167 cm³/mol. The van der Waals surface area contributed by atoms with Gasteiger partial charge in [0.15, 0.2) is 5.82 Å². The first-order chi connectivity index (χ1) is 20.3. The molecule has 2 heterocycles. The smallest absolute Gasteiger partial charge is 0.346 e. The van der Waals surface area contributed by atoms with Gasteiger partial charge < -0.3 is 28.7 Å². The van der Waals surface area contributed by atoms with Gasteiger partial charge in [-0.1, -0.05) is 31.4 Å². The van der Waals surface area contributed by atoms with Crippen LogP contribution in [0.5, 0.6) is 0 Å². The van der Waals surface area contributed by atoms with E-state index in [4.69, 9.17) is 28.1 Å². The molecule has 0 aliphatic heterocycles. The number of hydrogen-bond acceptors (Lipinski definition) is 11. The van der Waals surface area contributed by atoms with Gasteiger partial charge in [-0.2, -0.15) is 0 Å². The summed E-state index contributed by atoms with van der Waals surface area (Å²) in [6.45, 7) is 6.91. The lowest BCUT2D eigenvalue weighted by atomic mass is 9.88. The first-order valence-electron chi connectivity index (χ1n) is 14.5. The number of nitrogens with zero attached hydrogens (tertiary/aromatic N) is 2. The second-order valence-electron chi connectivity index (χ2n) is 9.71. The van der Waals surface area contributed by atoms with E-state index in [0.29, 0.717) is 27.3 Å². The summed E-state index contributed by atoms with van der Waals surface area (Å²) in [5.41, 5.74) is -0.168. The maximum Gasteiger partial charge on any atom is 0.365 e. The van der Waals surface area contributed by atoms with E-state index < -0.39 is 20.7 Å². The van der Waals surface area contributed by atoms with Crippen molar-refractivity contribution in [3.8, 4) is 11.4 Å². The lowest BCUT2D eigenvalue weighted by Gasteiger charge is -2.32. The molecule has 11 nitrogen and oxygen atoms in total. The van der Waals surface area contributed by atoms with Crippen LogP contribution in [-0.4, -0.2) is 47.8 Å². The second-order valence-corrected chi connectivity index (χ2v) is 15.2. The van der Waals surface area contributed by atoms with Crippen molar-refractivity contribution in [2.75, 3.05) is 37.1 Å². The molecule has 1 fully saturated rings. The molecule has 0 bridgehead atoms. The number of rotatable bonds is 15. The molecule has 1 aliphatic rings. The fraction of sp³-hybridized carbons (Fsp3) is 0.536. The average Bonchev–Trinajstić information content (AvgIpc) is 3.46. The Hall–Kier alpha value is -2.17. The molecule has 4 rings (SSSR count). The van der Waals surface area contributed by atoms with E-state index in [9.17, 15) is 13.9 Å². The predicted octanol–water partition coefficient (Wildman–Crippen LogP) is 8.10. The molecule has 1 saturated carbocycles. The molecule has 0 spiro atoms. The molecule has 14 heteroatoms. The van der Waals surface area contributed by atoms with Gasteiger partial charge in [0.05, 0.1) is 31.8 Å². The first kappa shape index (κ1) is 32.7. The van der Waals surface area contributed by atoms with Crippen LogP contribution >= 0.6 is 26.5 Å². The van der Waals surface area contributed by atoms with Crippen molar-refractivity contribution >= 4 is 54.2 Å². The number of anilines is 2. The molecule has 0 saturated heterocycles. The zero-order chi connectivity index (χ0) is 30.2. The molecule has 0 atom stereocenters. The van der Waals surface area contributed by atoms with Crippen LogP contribution in [0, 0.1) is 5.92 Å². The van der Waals surface area contributed by atoms with Gasteiger partial charge in [0.1, 0.15) is 10.6 Å². The molecule has 2 aromatic heterocycles. The molecule has 42 heavy (non-hydrogen) atoms. The van der Waals surface area contributed by atoms with Crippen LogP contribution in [0.25, 0.3) is 21.6 Å². The third-order valence-electron chi connectivity index (χ3n) is 6.79. The fourth-order valence-electron chi connectivity index (χ4n) is 4.97. The molecule has 230 valence electrons. The van der Waals surface area contributed by atoms with Crippen molar-refractivity contribution in [2.24, 2.45) is 5.92 Å². The first-order valence-corrected chi connectivity index (χ1v) is 18.6. The summed E-state index contributed by atoms with van der Waals surface area (Å²) < 4.78 is 50.6. The highest BCUT2D eigenvalue weighted by Gasteiger charge is 2.51. The highest BCUT2D eigenvalue weighted by atomic mass is 32.1. The van der Waals surface area contributed by atoms with Gasteiger partial charge in [0.2, 0.25) is 11.4 Å². The van der Waals surface area contributed by atoms with Gasteiger partial charge in [0.25, 0.3) is 0 Å². The summed E-state index contributed by atoms with van der Waals surface area (Å²) in [4.78, 5) is 23.0. The number of fused-ring (bicyclic) bond motifs is 1. The number of carbonyl (C=O) groups excluding carboxylic acids is 1. The van der Waals surface area contributed by atoms with E-state index in [0.717, 1.165) is 25.7 Å².